The molecule has 0 spiro atoms. The van der Waals surface area contributed by atoms with Crippen LogP contribution in [0.2, 0.25) is 0 Å². The van der Waals surface area contributed by atoms with Crippen molar-refractivity contribution < 1.29 is 0 Å². The van der Waals surface area contributed by atoms with Crippen molar-refractivity contribution in [3.05, 3.63) is 65.5 Å². The number of nitrogens with zero attached hydrogens (tertiary/aromatic N) is 2. The zero-order valence-corrected chi connectivity index (χ0v) is 11.1. The molecule has 0 aliphatic rings. The van der Waals surface area contributed by atoms with Crippen molar-refractivity contribution in [3.63, 3.8) is 0 Å². The van der Waals surface area contributed by atoms with E-state index >= 15 is 0 Å². The molecule has 0 fully saturated rings. The van der Waals surface area contributed by atoms with E-state index in [0.29, 0.717) is 17.9 Å². The first-order chi connectivity index (χ1) is 9.15. The van der Waals surface area contributed by atoms with Gasteiger partial charge in [0, 0.05) is 18.7 Å². The number of hydrogen-bond acceptors (Lipinski definition) is 2. The Balaban J connectivity index is 2.42. The second-order valence-electron chi connectivity index (χ2n) is 4.61. The average molecular weight is 251 g/mol. The van der Waals surface area contributed by atoms with Crippen LogP contribution in [0, 0.1) is 18.3 Å². The van der Waals surface area contributed by atoms with Gasteiger partial charge in [0.25, 0.3) is 0 Å². The van der Waals surface area contributed by atoms with Crippen LogP contribution in [0.5, 0.6) is 0 Å². The lowest BCUT2D eigenvalue weighted by molar-refractivity contribution is 0.768. The summed E-state index contributed by atoms with van der Waals surface area (Å²) in [4.78, 5) is 0. The molecule has 3 heteroatoms. The average Bonchev–Trinajstić information content (AvgIpc) is 2.67. The van der Waals surface area contributed by atoms with E-state index in [1.54, 1.807) is 12.1 Å². The van der Waals surface area contributed by atoms with E-state index in [2.05, 4.69) is 37.8 Å². The van der Waals surface area contributed by atoms with Gasteiger partial charge in [-0.25, -0.2) is 0 Å². The zero-order chi connectivity index (χ0) is 13.8. The van der Waals surface area contributed by atoms with Gasteiger partial charge in [0.1, 0.15) is 11.8 Å². The molecular formula is C16H17N3. The quantitative estimate of drug-likeness (QED) is 0.849. The highest BCUT2D eigenvalue weighted by Crippen LogP contribution is 2.22. The molecule has 0 aliphatic heterocycles. The molecule has 0 bridgehead atoms. The smallest absolute Gasteiger partial charge is 0.122 e. The van der Waals surface area contributed by atoms with Crippen LogP contribution >= 0.6 is 0 Å². The van der Waals surface area contributed by atoms with Crippen molar-refractivity contribution in [2.24, 2.45) is 0 Å². The highest BCUT2D eigenvalue weighted by molar-refractivity contribution is 5.52. The molecule has 3 nitrogen and oxygen atoms in total. The Morgan fingerprint density at radius 1 is 1.42 bits per heavy atom. The molecule has 19 heavy (non-hydrogen) atoms. The number of hydrogen-bond donors (Lipinski definition) is 1. The summed E-state index contributed by atoms with van der Waals surface area (Å²) in [6.07, 6.45) is 2.50. The molecule has 2 rings (SSSR count). The SMILES string of the molecule is C=CCn1c(C#N)cc(N)c1Cc1cccc(C)c1. The fourth-order valence-electron chi connectivity index (χ4n) is 2.25. The first kappa shape index (κ1) is 13.0. The number of nitrogens with two attached hydrogens (primary N) is 1. The van der Waals surface area contributed by atoms with Crippen molar-refractivity contribution in [3.8, 4) is 6.07 Å². The Morgan fingerprint density at radius 3 is 2.84 bits per heavy atom. The lowest BCUT2D eigenvalue weighted by Gasteiger charge is -2.09. The summed E-state index contributed by atoms with van der Waals surface area (Å²) in [6, 6.07) is 12.2. The molecule has 0 atom stereocenters. The van der Waals surface area contributed by atoms with Crippen molar-refractivity contribution in [1.29, 1.82) is 5.26 Å². The maximum absolute atomic E-state index is 9.13. The molecule has 0 saturated carbocycles. The first-order valence-corrected chi connectivity index (χ1v) is 6.20. The molecule has 1 aromatic heterocycles. The summed E-state index contributed by atoms with van der Waals surface area (Å²) in [5.74, 6) is 0. The summed E-state index contributed by atoms with van der Waals surface area (Å²) in [6.45, 7) is 6.40. The van der Waals surface area contributed by atoms with E-state index in [1.165, 1.54) is 11.1 Å². The van der Waals surface area contributed by atoms with Gasteiger partial charge in [-0.2, -0.15) is 5.26 Å². The number of benzene rings is 1. The molecule has 1 aromatic carbocycles. The van der Waals surface area contributed by atoms with E-state index in [0.717, 1.165) is 12.1 Å². The summed E-state index contributed by atoms with van der Waals surface area (Å²) in [7, 11) is 0. The predicted octanol–water partition coefficient (Wildman–Crippen LogP) is 3.03. The van der Waals surface area contributed by atoms with Crippen LogP contribution in [0.3, 0.4) is 0 Å². The summed E-state index contributed by atoms with van der Waals surface area (Å²) in [5, 5.41) is 9.13. The van der Waals surface area contributed by atoms with Gasteiger partial charge in [0.15, 0.2) is 0 Å². The number of nitriles is 1. The zero-order valence-electron chi connectivity index (χ0n) is 11.1. The van der Waals surface area contributed by atoms with E-state index in [-0.39, 0.29) is 0 Å². The van der Waals surface area contributed by atoms with E-state index < -0.39 is 0 Å². The van der Waals surface area contributed by atoms with Crippen LogP contribution in [-0.4, -0.2) is 4.57 Å². The van der Waals surface area contributed by atoms with Crippen LogP contribution < -0.4 is 5.73 Å². The number of rotatable bonds is 4. The molecule has 0 unspecified atom stereocenters. The molecule has 2 N–H and O–H groups in total. The van der Waals surface area contributed by atoms with Crippen LogP contribution in [0.1, 0.15) is 22.5 Å². The molecular weight excluding hydrogens is 234 g/mol. The van der Waals surface area contributed by atoms with Gasteiger partial charge >= 0.3 is 0 Å². The van der Waals surface area contributed by atoms with E-state index in [4.69, 9.17) is 11.0 Å². The monoisotopic (exact) mass is 251 g/mol. The van der Waals surface area contributed by atoms with Gasteiger partial charge in [0.05, 0.1) is 5.69 Å². The number of nitrogen functional groups attached to an aromatic ring is 1. The third kappa shape index (κ3) is 2.69. The lowest BCUT2D eigenvalue weighted by atomic mass is 10.1. The number of aromatic nitrogens is 1. The third-order valence-corrected chi connectivity index (χ3v) is 3.12. The predicted molar refractivity (Wildman–Crippen MR) is 77.7 cm³/mol. The lowest BCUT2D eigenvalue weighted by Crippen LogP contribution is -2.06. The normalized spacial score (nSPS) is 10.1. The van der Waals surface area contributed by atoms with Crippen molar-refractivity contribution >= 4 is 5.69 Å². The largest absolute Gasteiger partial charge is 0.397 e. The second-order valence-corrected chi connectivity index (χ2v) is 4.61. The molecule has 0 aliphatic carbocycles. The summed E-state index contributed by atoms with van der Waals surface area (Å²) in [5.41, 5.74) is 10.7. The highest BCUT2D eigenvalue weighted by Gasteiger charge is 2.12. The molecule has 0 amide bonds. The Labute approximate surface area is 113 Å². The third-order valence-electron chi connectivity index (χ3n) is 3.12. The molecule has 0 radical (unpaired) electrons. The maximum atomic E-state index is 9.13. The maximum Gasteiger partial charge on any atom is 0.122 e. The Morgan fingerprint density at radius 2 is 2.21 bits per heavy atom. The molecule has 1 heterocycles. The van der Waals surface area contributed by atoms with Crippen molar-refractivity contribution in [2.75, 3.05) is 5.73 Å². The van der Waals surface area contributed by atoms with E-state index in [1.807, 2.05) is 10.6 Å². The van der Waals surface area contributed by atoms with Crippen LogP contribution in [-0.2, 0) is 13.0 Å². The topological polar surface area (TPSA) is 54.7 Å². The van der Waals surface area contributed by atoms with Gasteiger partial charge < -0.3 is 10.3 Å². The number of aryl methyl sites for hydroxylation is 1. The fourth-order valence-corrected chi connectivity index (χ4v) is 2.25. The van der Waals surface area contributed by atoms with Gasteiger partial charge in [0.2, 0.25) is 0 Å². The van der Waals surface area contributed by atoms with Gasteiger partial charge in [-0.05, 0) is 18.6 Å². The minimum absolute atomic E-state index is 0.583. The highest BCUT2D eigenvalue weighted by atomic mass is 15.0. The van der Waals surface area contributed by atoms with Crippen molar-refractivity contribution in [1.82, 2.24) is 4.57 Å². The summed E-state index contributed by atoms with van der Waals surface area (Å²) < 4.78 is 1.92. The Bertz CT molecular complexity index is 644. The Hall–Kier alpha value is -2.47. The second kappa shape index (κ2) is 5.45. The van der Waals surface area contributed by atoms with Gasteiger partial charge in [-0.1, -0.05) is 35.9 Å². The van der Waals surface area contributed by atoms with E-state index in [9.17, 15) is 0 Å². The minimum atomic E-state index is 0.583. The van der Waals surface area contributed by atoms with Crippen LogP contribution in [0.25, 0.3) is 0 Å². The van der Waals surface area contributed by atoms with Crippen LogP contribution in [0.4, 0.5) is 5.69 Å². The number of anilines is 1. The standard InChI is InChI=1S/C16H17N3/c1-3-7-19-14(11-17)10-15(18)16(19)9-13-6-4-5-12(2)8-13/h3-6,8,10H,1,7,9,18H2,2H3. The first-order valence-electron chi connectivity index (χ1n) is 6.20. The number of allylic oxidation sites excluding steroid dienone is 1. The van der Waals surface area contributed by atoms with Crippen molar-refractivity contribution in [2.45, 2.75) is 19.9 Å². The summed E-state index contributed by atoms with van der Waals surface area (Å²) >= 11 is 0. The van der Waals surface area contributed by atoms with Gasteiger partial charge in [-0.3, -0.25) is 0 Å². The molecule has 0 saturated heterocycles. The van der Waals surface area contributed by atoms with Gasteiger partial charge in [-0.15, -0.1) is 6.58 Å². The molecule has 96 valence electrons. The fraction of sp³-hybridized carbons (Fsp3) is 0.188. The molecule has 2 aromatic rings. The Kier molecular flexibility index (Phi) is 3.72. The minimum Gasteiger partial charge on any atom is -0.397 e. The van der Waals surface area contributed by atoms with Crippen LogP contribution in [0.15, 0.2) is 43.0 Å².